The van der Waals surface area contributed by atoms with E-state index in [2.05, 4.69) is 22.1 Å². The molecule has 1 aliphatic rings. The Labute approximate surface area is 118 Å². The average Bonchev–Trinajstić information content (AvgIpc) is 2.82. The van der Waals surface area contributed by atoms with E-state index in [-0.39, 0.29) is 5.91 Å². The van der Waals surface area contributed by atoms with Crippen molar-refractivity contribution in [1.29, 1.82) is 0 Å². The molecule has 2 heterocycles. The van der Waals surface area contributed by atoms with Crippen molar-refractivity contribution in [2.24, 2.45) is 0 Å². The van der Waals surface area contributed by atoms with E-state index in [0.29, 0.717) is 0 Å². The lowest BCUT2D eigenvalue weighted by Crippen LogP contribution is -2.62. The molecule has 6 heteroatoms. The number of thiazole rings is 1. The van der Waals surface area contributed by atoms with Crippen LogP contribution in [0.2, 0.25) is 0 Å². The highest BCUT2D eigenvalue weighted by Gasteiger charge is 2.41. The molecule has 0 aromatic carbocycles. The molecule has 0 aliphatic carbocycles. The quantitative estimate of drug-likeness (QED) is 0.904. The topological polar surface area (TPSA) is 48.5 Å². The molecule has 0 atom stereocenters. The standard InChI is InChI=1S/C13H22N4OS/c1-5-14-8-10-9-15-12(19-10)17-7-6-16(4)11(18)13(17,2)3/h9,14H,5-8H2,1-4H3. The Morgan fingerprint density at radius 1 is 1.47 bits per heavy atom. The normalized spacial score (nSPS) is 19.1. The molecule has 0 bridgehead atoms. The highest BCUT2D eigenvalue weighted by Crippen LogP contribution is 2.31. The molecule has 1 aromatic rings. The molecular weight excluding hydrogens is 260 g/mol. The van der Waals surface area contributed by atoms with Gasteiger partial charge in [0.2, 0.25) is 5.91 Å². The molecular formula is C13H22N4OS. The zero-order valence-electron chi connectivity index (χ0n) is 12.1. The first-order valence-electron chi connectivity index (χ1n) is 6.65. The van der Waals surface area contributed by atoms with Crippen LogP contribution in [0.25, 0.3) is 0 Å². The summed E-state index contributed by atoms with van der Waals surface area (Å²) in [6.07, 6.45) is 1.90. The van der Waals surface area contributed by atoms with E-state index in [1.807, 2.05) is 27.1 Å². The Bertz CT molecular complexity index is 457. The second kappa shape index (κ2) is 5.46. The molecule has 106 valence electrons. The van der Waals surface area contributed by atoms with E-state index in [1.54, 1.807) is 16.2 Å². The number of amides is 1. The first-order chi connectivity index (χ1) is 8.96. The van der Waals surface area contributed by atoms with Gasteiger partial charge in [-0.25, -0.2) is 4.98 Å². The van der Waals surface area contributed by atoms with Crippen LogP contribution in [0.1, 0.15) is 25.6 Å². The highest BCUT2D eigenvalue weighted by atomic mass is 32.1. The predicted molar refractivity (Wildman–Crippen MR) is 78.6 cm³/mol. The largest absolute Gasteiger partial charge is 0.342 e. The van der Waals surface area contributed by atoms with Gasteiger partial charge in [-0.05, 0) is 20.4 Å². The fourth-order valence-corrected chi connectivity index (χ4v) is 3.35. The van der Waals surface area contributed by atoms with Gasteiger partial charge in [0.15, 0.2) is 5.13 Å². The Hall–Kier alpha value is -1.14. The van der Waals surface area contributed by atoms with E-state index < -0.39 is 5.54 Å². The summed E-state index contributed by atoms with van der Waals surface area (Å²) < 4.78 is 0. The van der Waals surface area contributed by atoms with E-state index >= 15 is 0 Å². The third kappa shape index (κ3) is 2.74. The van der Waals surface area contributed by atoms with Crippen molar-refractivity contribution in [2.45, 2.75) is 32.9 Å². The van der Waals surface area contributed by atoms with Gasteiger partial charge in [0.1, 0.15) is 5.54 Å². The van der Waals surface area contributed by atoms with Crippen molar-refractivity contribution in [3.63, 3.8) is 0 Å². The summed E-state index contributed by atoms with van der Waals surface area (Å²) in [5, 5.41) is 4.24. The number of carbonyl (C=O) groups excluding carboxylic acids is 1. The minimum atomic E-state index is -0.514. The van der Waals surface area contributed by atoms with Gasteiger partial charge < -0.3 is 15.1 Å². The lowest BCUT2D eigenvalue weighted by Gasteiger charge is -2.44. The van der Waals surface area contributed by atoms with Gasteiger partial charge in [-0.15, -0.1) is 11.3 Å². The van der Waals surface area contributed by atoms with Crippen molar-refractivity contribution in [3.8, 4) is 0 Å². The van der Waals surface area contributed by atoms with Crippen molar-refractivity contribution < 1.29 is 4.79 Å². The Kier molecular flexibility index (Phi) is 4.10. The summed E-state index contributed by atoms with van der Waals surface area (Å²) in [7, 11) is 1.86. The number of piperazine rings is 1. The van der Waals surface area contributed by atoms with Gasteiger partial charge in [0.05, 0.1) is 0 Å². The van der Waals surface area contributed by atoms with Gasteiger partial charge >= 0.3 is 0 Å². The van der Waals surface area contributed by atoms with Gasteiger partial charge in [-0.2, -0.15) is 0 Å². The van der Waals surface area contributed by atoms with Gasteiger partial charge in [-0.3, -0.25) is 4.79 Å². The first-order valence-corrected chi connectivity index (χ1v) is 7.47. The van der Waals surface area contributed by atoms with Gasteiger partial charge in [0, 0.05) is 37.8 Å². The third-order valence-corrected chi connectivity index (χ3v) is 4.55. The Balaban J connectivity index is 2.16. The van der Waals surface area contributed by atoms with Crippen molar-refractivity contribution in [1.82, 2.24) is 15.2 Å². The molecule has 1 aliphatic heterocycles. The molecule has 1 saturated heterocycles. The van der Waals surface area contributed by atoms with Crippen molar-refractivity contribution in [3.05, 3.63) is 11.1 Å². The van der Waals surface area contributed by atoms with Crippen LogP contribution in [0.5, 0.6) is 0 Å². The molecule has 19 heavy (non-hydrogen) atoms. The molecule has 0 unspecified atom stereocenters. The lowest BCUT2D eigenvalue weighted by atomic mass is 9.99. The molecule has 0 radical (unpaired) electrons. The van der Waals surface area contributed by atoms with E-state index in [4.69, 9.17) is 0 Å². The number of nitrogens with zero attached hydrogens (tertiary/aromatic N) is 3. The zero-order valence-corrected chi connectivity index (χ0v) is 12.9. The molecule has 1 N–H and O–H groups in total. The number of aromatic nitrogens is 1. The van der Waals surface area contributed by atoms with Crippen molar-refractivity contribution >= 4 is 22.4 Å². The van der Waals surface area contributed by atoms with Crippen LogP contribution in [0.4, 0.5) is 5.13 Å². The third-order valence-electron chi connectivity index (χ3n) is 3.53. The maximum Gasteiger partial charge on any atom is 0.247 e. The summed E-state index contributed by atoms with van der Waals surface area (Å²) in [5.41, 5.74) is -0.514. The number of carbonyl (C=O) groups is 1. The van der Waals surface area contributed by atoms with E-state index in [9.17, 15) is 4.79 Å². The number of hydrogen-bond donors (Lipinski definition) is 1. The van der Waals surface area contributed by atoms with Crippen LogP contribution in [0.3, 0.4) is 0 Å². The molecule has 1 amide bonds. The minimum absolute atomic E-state index is 0.155. The summed E-state index contributed by atoms with van der Waals surface area (Å²) in [5.74, 6) is 0.155. The second-order valence-corrected chi connectivity index (χ2v) is 6.42. The number of nitrogens with one attached hydrogen (secondary N) is 1. The van der Waals surface area contributed by atoms with Crippen LogP contribution < -0.4 is 10.2 Å². The van der Waals surface area contributed by atoms with Crippen LogP contribution in [-0.4, -0.2) is 48.0 Å². The summed E-state index contributed by atoms with van der Waals surface area (Å²) >= 11 is 1.67. The van der Waals surface area contributed by atoms with Gasteiger partial charge in [0.25, 0.3) is 0 Å². The maximum atomic E-state index is 12.3. The molecule has 0 saturated carbocycles. The smallest absolute Gasteiger partial charge is 0.247 e. The molecule has 5 nitrogen and oxygen atoms in total. The van der Waals surface area contributed by atoms with Crippen LogP contribution in [0, 0.1) is 0 Å². The van der Waals surface area contributed by atoms with E-state index in [0.717, 1.165) is 31.3 Å². The zero-order chi connectivity index (χ0) is 14.0. The Morgan fingerprint density at radius 2 is 2.21 bits per heavy atom. The number of anilines is 1. The van der Waals surface area contributed by atoms with Crippen LogP contribution >= 0.6 is 11.3 Å². The lowest BCUT2D eigenvalue weighted by molar-refractivity contribution is -0.136. The monoisotopic (exact) mass is 282 g/mol. The second-order valence-electron chi connectivity index (χ2n) is 5.33. The fraction of sp³-hybridized carbons (Fsp3) is 0.692. The maximum absolute atomic E-state index is 12.3. The van der Waals surface area contributed by atoms with E-state index in [1.165, 1.54) is 4.88 Å². The minimum Gasteiger partial charge on any atom is -0.342 e. The van der Waals surface area contributed by atoms with Gasteiger partial charge in [-0.1, -0.05) is 6.92 Å². The Morgan fingerprint density at radius 3 is 2.89 bits per heavy atom. The molecule has 0 spiro atoms. The SMILES string of the molecule is CCNCc1cnc(N2CCN(C)C(=O)C2(C)C)s1. The molecule has 1 aromatic heterocycles. The number of likely N-dealkylation sites (N-methyl/N-ethyl adjacent to an activating group) is 1. The summed E-state index contributed by atoms with van der Waals surface area (Å²) in [4.78, 5) is 21.9. The molecule has 2 rings (SSSR count). The first kappa shape index (κ1) is 14.3. The molecule has 1 fully saturated rings. The highest BCUT2D eigenvalue weighted by molar-refractivity contribution is 7.15. The fourth-order valence-electron chi connectivity index (χ4n) is 2.30. The summed E-state index contributed by atoms with van der Waals surface area (Å²) in [6, 6.07) is 0. The number of rotatable bonds is 4. The van der Waals surface area contributed by atoms with Crippen LogP contribution in [-0.2, 0) is 11.3 Å². The predicted octanol–water partition coefficient (Wildman–Crippen LogP) is 1.31. The van der Waals surface area contributed by atoms with Crippen LogP contribution in [0.15, 0.2) is 6.20 Å². The average molecular weight is 282 g/mol. The van der Waals surface area contributed by atoms with Crippen molar-refractivity contribution in [2.75, 3.05) is 31.6 Å². The number of hydrogen-bond acceptors (Lipinski definition) is 5. The summed E-state index contributed by atoms with van der Waals surface area (Å²) in [6.45, 7) is 9.41.